The van der Waals surface area contributed by atoms with Crippen LogP contribution in [-0.2, 0) is 13.1 Å². The molecule has 0 spiro atoms. The largest absolute Gasteiger partial charge is 1.00 e. The number of nitrogens with zero attached hydrogens (tertiary/aromatic N) is 2. The van der Waals surface area contributed by atoms with E-state index in [-0.39, 0.29) is 17.0 Å². The smallest absolute Gasteiger partial charge is 0.356 e. The number of fused-ring (bicyclic) bond motifs is 1. The van der Waals surface area contributed by atoms with Gasteiger partial charge in [0.25, 0.3) is 0 Å². The summed E-state index contributed by atoms with van der Waals surface area (Å²) in [5.41, 5.74) is 10.1. The third-order valence-corrected chi connectivity index (χ3v) is 6.82. The van der Waals surface area contributed by atoms with Crippen LogP contribution in [0.1, 0.15) is 76.7 Å². The van der Waals surface area contributed by atoms with Crippen molar-refractivity contribution in [3.05, 3.63) is 58.1 Å². The van der Waals surface area contributed by atoms with Crippen molar-refractivity contribution >= 4 is 40.2 Å². The van der Waals surface area contributed by atoms with Crippen molar-refractivity contribution in [1.82, 2.24) is 4.57 Å². The number of benzene rings is 2. The Balaban J connectivity index is 0.00000363. The van der Waals surface area contributed by atoms with Crippen LogP contribution in [0.15, 0.2) is 42.5 Å². The molecule has 0 aliphatic rings. The number of unbranched alkanes of at least 4 members (excludes halogenated alkanes) is 9. The molecular weight excluding hydrogens is 505 g/mol. The molecule has 32 heavy (non-hydrogen) atoms. The lowest BCUT2D eigenvalue weighted by molar-refractivity contribution is -0.648. The van der Waals surface area contributed by atoms with E-state index in [2.05, 4.69) is 40.3 Å². The fourth-order valence-corrected chi connectivity index (χ4v) is 4.61. The van der Waals surface area contributed by atoms with Crippen LogP contribution in [0.5, 0.6) is 0 Å². The van der Waals surface area contributed by atoms with Crippen molar-refractivity contribution in [1.29, 1.82) is 0 Å². The summed E-state index contributed by atoms with van der Waals surface area (Å²) in [6.07, 6.45) is 13.4. The first-order chi connectivity index (χ1) is 15.1. The van der Waals surface area contributed by atoms with Crippen LogP contribution >= 0.6 is 23.2 Å². The van der Waals surface area contributed by atoms with Gasteiger partial charge in [-0.3, -0.25) is 5.73 Å². The normalized spacial score (nSPS) is 11.1. The minimum absolute atomic E-state index is 0. The molecule has 6 heteroatoms. The number of nitrogen functional groups attached to an aromatic ring is 1. The summed E-state index contributed by atoms with van der Waals surface area (Å²) >= 11 is 12.3. The van der Waals surface area contributed by atoms with Crippen LogP contribution in [0, 0.1) is 0 Å². The summed E-state index contributed by atoms with van der Waals surface area (Å²) in [5, 5.41) is 1.15. The van der Waals surface area contributed by atoms with E-state index in [1.807, 2.05) is 18.2 Å². The van der Waals surface area contributed by atoms with Gasteiger partial charge in [0, 0.05) is 0 Å². The fourth-order valence-electron chi connectivity index (χ4n) is 4.29. The number of para-hydroxylation sites is 2. The van der Waals surface area contributed by atoms with Crippen LogP contribution in [0.4, 0.5) is 5.95 Å². The lowest BCUT2D eigenvalue weighted by atomic mass is 10.1. The van der Waals surface area contributed by atoms with Crippen LogP contribution in [0.3, 0.4) is 0 Å². The Kier molecular flexibility index (Phi) is 11.9. The van der Waals surface area contributed by atoms with Gasteiger partial charge in [0.15, 0.2) is 0 Å². The van der Waals surface area contributed by atoms with Crippen LogP contribution < -0.4 is 27.3 Å². The predicted octanol–water partition coefficient (Wildman–Crippen LogP) is 4.79. The van der Waals surface area contributed by atoms with Gasteiger partial charge in [0.1, 0.15) is 11.0 Å². The summed E-state index contributed by atoms with van der Waals surface area (Å²) < 4.78 is 4.43. The second-order valence-corrected chi connectivity index (χ2v) is 9.33. The SMILES string of the molecule is CCCCCCCCCCCCn1c(N)[n+](Cc2ccc(Cl)c(Cl)c2)c2ccccc21.[Br-]. The second-order valence-electron chi connectivity index (χ2n) is 8.52. The zero-order valence-electron chi connectivity index (χ0n) is 19.1. The zero-order chi connectivity index (χ0) is 22.1. The van der Waals surface area contributed by atoms with Gasteiger partial charge in [-0.25, -0.2) is 9.13 Å². The third kappa shape index (κ3) is 7.40. The minimum atomic E-state index is 0. The van der Waals surface area contributed by atoms with E-state index in [0.29, 0.717) is 16.6 Å². The molecule has 3 aromatic rings. The average molecular weight is 541 g/mol. The van der Waals surface area contributed by atoms with Crippen molar-refractivity contribution in [2.45, 2.75) is 84.2 Å². The molecule has 3 nitrogen and oxygen atoms in total. The second kappa shape index (κ2) is 14.1. The number of anilines is 1. The first-order valence-electron chi connectivity index (χ1n) is 11.8. The number of hydrogen-bond acceptors (Lipinski definition) is 1. The Hall–Kier alpha value is -1.23. The molecule has 1 heterocycles. The van der Waals surface area contributed by atoms with Crippen LogP contribution in [0.2, 0.25) is 10.0 Å². The fraction of sp³-hybridized carbons (Fsp3) is 0.500. The number of imidazole rings is 1. The highest BCUT2D eigenvalue weighted by atomic mass is 79.9. The minimum Gasteiger partial charge on any atom is -1.00 e. The molecule has 0 saturated heterocycles. The maximum atomic E-state index is 6.62. The molecule has 0 atom stereocenters. The summed E-state index contributed by atoms with van der Waals surface area (Å²) in [7, 11) is 0. The summed E-state index contributed by atoms with van der Waals surface area (Å²) in [5.74, 6) is 0.795. The van der Waals surface area contributed by atoms with Crippen molar-refractivity contribution in [2.75, 3.05) is 5.73 Å². The maximum absolute atomic E-state index is 6.62. The van der Waals surface area contributed by atoms with Crippen LogP contribution in [-0.4, -0.2) is 4.57 Å². The number of halogens is 3. The molecule has 2 aromatic carbocycles. The molecule has 0 amide bonds. The van der Waals surface area contributed by atoms with Gasteiger partial charge in [-0.2, -0.15) is 0 Å². The van der Waals surface area contributed by atoms with Gasteiger partial charge in [0.05, 0.1) is 23.1 Å². The quantitative estimate of drug-likeness (QED) is 0.245. The highest BCUT2D eigenvalue weighted by molar-refractivity contribution is 6.42. The third-order valence-electron chi connectivity index (χ3n) is 6.08. The molecule has 0 fully saturated rings. The van der Waals surface area contributed by atoms with Gasteiger partial charge in [-0.15, -0.1) is 0 Å². The van der Waals surface area contributed by atoms with E-state index in [1.54, 1.807) is 0 Å². The monoisotopic (exact) mass is 539 g/mol. The van der Waals surface area contributed by atoms with E-state index in [0.717, 1.165) is 30.0 Å². The molecule has 0 radical (unpaired) electrons. The van der Waals surface area contributed by atoms with Crippen molar-refractivity contribution in [3.8, 4) is 0 Å². The highest BCUT2D eigenvalue weighted by Crippen LogP contribution is 2.24. The lowest BCUT2D eigenvalue weighted by Crippen LogP contribution is -3.00. The molecule has 3 rings (SSSR count). The van der Waals surface area contributed by atoms with Gasteiger partial charge >= 0.3 is 5.95 Å². The summed E-state index contributed by atoms with van der Waals surface area (Å²) in [6.45, 7) is 3.90. The molecule has 0 unspecified atom stereocenters. The summed E-state index contributed by atoms with van der Waals surface area (Å²) in [4.78, 5) is 0. The number of hydrogen-bond donors (Lipinski definition) is 1. The highest BCUT2D eigenvalue weighted by Gasteiger charge is 2.20. The maximum Gasteiger partial charge on any atom is 0.356 e. The molecule has 0 aliphatic carbocycles. The average Bonchev–Trinajstić information content (AvgIpc) is 3.03. The Bertz CT molecular complexity index is 971. The molecule has 176 valence electrons. The molecule has 2 N–H and O–H groups in total. The Morgan fingerprint density at radius 3 is 2.09 bits per heavy atom. The van der Waals surface area contributed by atoms with Crippen molar-refractivity contribution in [2.24, 2.45) is 0 Å². The zero-order valence-corrected chi connectivity index (χ0v) is 22.2. The summed E-state index contributed by atoms with van der Waals surface area (Å²) in [6, 6.07) is 14.2. The van der Waals surface area contributed by atoms with E-state index >= 15 is 0 Å². The molecule has 0 bridgehead atoms. The first-order valence-corrected chi connectivity index (χ1v) is 12.6. The number of rotatable bonds is 13. The van der Waals surface area contributed by atoms with E-state index in [9.17, 15) is 0 Å². The number of aryl methyl sites for hydroxylation is 1. The van der Waals surface area contributed by atoms with Crippen molar-refractivity contribution < 1.29 is 21.5 Å². The standard InChI is InChI=1S/C26H35Cl2N3.BrH/c1-2-3-4-5-6-7-8-9-10-13-18-30-24-14-11-12-15-25(24)31(26(30)29)20-21-16-17-22(27)23(28)19-21;/h11-12,14-17,19,29H,2-10,13,18,20H2,1H3;1H. The Morgan fingerprint density at radius 2 is 1.44 bits per heavy atom. The molecule has 0 aliphatic heterocycles. The van der Waals surface area contributed by atoms with Crippen LogP contribution in [0.25, 0.3) is 11.0 Å². The first kappa shape index (κ1) is 27.0. The number of nitrogens with two attached hydrogens (primary N) is 1. The predicted molar refractivity (Wildman–Crippen MR) is 134 cm³/mol. The number of aromatic nitrogens is 2. The molecule has 0 saturated carbocycles. The van der Waals surface area contributed by atoms with Gasteiger partial charge < -0.3 is 17.0 Å². The van der Waals surface area contributed by atoms with Crippen molar-refractivity contribution in [3.63, 3.8) is 0 Å². The molecular formula is C26H36BrCl2N3. The Morgan fingerprint density at radius 1 is 0.812 bits per heavy atom. The lowest BCUT2D eigenvalue weighted by Gasteiger charge is -2.05. The topological polar surface area (TPSA) is 34.8 Å². The Labute approximate surface area is 213 Å². The van der Waals surface area contributed by atoms with E-state index in [4.69, 9.17) is 28.9 Å². The van der Waals surface area contributed by atoms with Gasteiger partial charge in [0.2, 0.25) is 0 Å². The van der Waals surface area contributed by atoms with E-state index < -0.39 is 0 Å². The van der Waals surface area contributed by atoms with Gasteiger partial charge in [-0.1, -0.05) is 106 Å². The van der Waals surface area contributed by atoms with E-state index in [1.165, 1.54) is 63.3 Å². The molecule has 1 aromatic heterocycles. The van der Waals surface area contributed by atoms with Gasteiger partial charge in [-0.05, 0) is 36.2 Å².